The number of allylic oxidation sites excluding steroid dienone is 2. The first-order valence-corrected chi connectivity index (χ1v) is 3.77. The Kier molecular flexibility index (Phi) is 2.84. The van der Waals surface area contributed by atoms with E-state index in [1.165, 1.54) is 6.42 Å². The number of alkyl halides is 2. The Morgan fingerprint density at radius 2 is 1.70 bits per heavy atom. The van der Waals surface area contributed by atoms with Crippen LogP contribution in [0.2, 0.25) is 0 Å². The first-order chi connectivity index (χ1) is 4.79. The highest BCUT2D eigenvalue weighted by Gasteiger charge is 2.07. The Morgan fingerprint density at radius 3 is 2.20 bits per heavy atom. The lowest BCUT2D eigenvalue weighted by atomic mass is 9.95. The fourth-order valence-corrected chi connectivity index (χ4v) is 1.35. The van der Waals surface area contributed by atoms with Crippen LogP contribution in [0.4, 0.5) is 8.78 Å². The minimum atomic E-state index is -2.24. The van der Waals surface area contributed by atoms with Crippen molar-refractivity contribution in [3.63, 3.8) is 0 Å². The summed E-state index contributed by atoms with van der Waals surface area (Å²) in [5.41, 5.74) is 0.959. The summed E-state index contributed by atoms with van der Waals surface area (Å²) in [6.45, 7) is 0. The molecule has 0 heterocycles. The molecule has 10 heavy (non-hydrogen) atoms. The van der Waals surface area contributed by atoms with Crippen LogP contribution in [0, 0.1) is 0 Å². The predicted molar refractivity (Wildman–Crippen MR) is 37.2 cm³/mol. The van der Waals surface area contributed by atoms with E-state index < -0.39 is 6.43 Å². The van der Waals surface area contributed by atoms with Crippen LogP contribution in [-0.4, -0.2) is 6.43 Å². The van der Waals surface area contributed by atoms with E-state index in [1.54, 1.807) is 0 Å². The number of rotatable bonds is 1. The Bertz CT molecular complexity index is 119. The van der Waals surface area contributed by atoms with E-state index in [1.807, 2.05) is 0 Å². The van der Waals surface area contributed by atoms with Crippen molar-refractivity contribution in [2.24, 2.45) is 0 Å². The summed E-state index contributed by atoms with van der Waals surface area (Å²) < 4.78 is 23.5. The molecule has 58 valence electrons. The Labute approximate surface area is 59.9 Å². The van der Waals surface area contributed by atoms with Crippen LogP contribution in [0.1, 0.15) is 32.1 Å². The maximum Gasteiger partial charge on any atom is 0.257 e. The number of hydrogen-bond acceptors (Lipinski definition) is 0. The van der Waals surface area contributed by atoms with Gasteiger partial charge in [0.05, 0.1) is 0 Å². The zero-order valence-electron chi connectivity index (χ0n) is 5.95. The molecule has 0 aromatic carbocycles. The minimum absolute atomic E-state index is 0.893. The maximum atomic E-state index is 11.7. The van der Waals surface area contributed by atoms with E-state index in [9.17, 15) is 8.78 Å². The molecule has 0 aliphatic heterocycles. The molecule has 1 aliphatic rings. The summed E-state index contributed by atoms with van der Waals surface area (Å²) in [4.78, 5) is 0. The molecular weight excluding hydrogens is 134 g/mol. The van der Waals surface area contributed by atoms with Crippen molar-refractivity contribution in [3.8, 4) is 0 Å². The van der Waals surface area contributed by atoms with E-state index in [0.717, 1.165) is 37.3 Å². The van der Waals surface area contributed by atoms with Crippen LogP contribution in [0.15, 0.2) is 11.6 Å². The molecule has 0 radical (unpaired) electrons. The normalized spacial score (nSPS) is 19.7. The van der Waals surface area contributed by atoms with Crippen LogP contribution in [-0.2, 0) is 0 Å². The van der Waals surface area contributed by atoms with Gasteiger partial charge in [-0.1, -0.05) is 12.0 Å². The summed E-state index contributed by atoms with van der Waals surface area (Å²) in [5, 5.41) is 0. The van der Waals surface area contributed by atoms with Crippen molar-refractivity contribution in [2.75, 3.05) is 0 Å². The number of halogens is 2. The SMILES string of the molecule is FC(F)C=C1CCCCC1. The number of hydrogen-bond donors (Lipinski definition) is 0. The zero-order valence-corrected chi connectivity index (χ0v) is 5.95. The topological polar surface area (TPSA) is 0 Å². The molecule has 0 bridgehead atoms. The Morgan fingerprint density at radius 1 is 1.10 bits per heavy atom. The van der Waals surface area contributed by atoms with Gasteiger partial charge in [-0.25, -0.2) is 8.78 Å². The molecule has 1 fully saturated rings. The highest BCUT2D eigenvalue weighted by atomic mass is 19.3. The van der Waals surface area contributed by atoms with Crippen LogP contribution in [0.5, 0.6) is 0 Å². The molecule has 1 aliphatic carbocycles. The smallest absolute Gasteiger partial charge is 0.206 e. The van der Waals surface area contributed by atoms with Crippen molar-refractivity contribution < 1.29 is 8.78 Å². The lowest BCUT2D eigenvalue weighted by molar-refractivity contribution is 0.202. The van der Waals surface area contributed by atoms with E-state index in [2.05, 4.69) is 0 Å². The minimum Gasteiger partial charge on any atom is -0.206 e. The molecule has 0 atom stereocenters. The van der Waals surface area contributed by atoms with Crippen molar-refractivity contribution in [1.82, 2.24) is 0 Å². The maximum absolute atomic E-state index is 11.7. The van der Waals surface area contributed by atoms with Gasteiger partial charge in [0.25, 0.3) is 6.43 Å². The fourth-order valence-electron chi connectivity index (χ4n) is 1.35. The van der Waals surface area contributed by atoms with Crippen LogP contribution in [0.3, 0.4) is 0 Å². The molecule has 1 saturated carbocycles. The summed E-state index contributed by atoms with van der Waals surface area (Å²) in [7, 11) is 0. The quantitative estimate of drug-likeness (QED) is 0.498. The van der Waals surface area contributed by atoms with Gasteiger partial charge in [-0.05, 0) is 31.8 Å². The van der Waals surface area contributed by atoms with Crippen molar-refractivity contribution in [2.45, 2.75) is 38.5 Å². The lowest BCUT2D eigenvalue weighted by Gasteiger charge is -2.12. The lowest BCUT2D eigenvalue weighted by Crippen LogP contribution is -1.96. The molecule has 0 spiro atoms. The molecule has 2 heteroatoms. The van der Waals surface area contributed by atoms with Crippen LogP contribution >= 0.6 is 0 Å². The molecule has 0 aromatic rings. The van der Waals surface area contributed by atoms with Gasteiger partial charge in [0.2, 0.25) is 0 Å². The van der Waals surface area contributed by atoms with E-state index in [4.69, 9.17) is 0 Å². The summed E-state index contributed by atoms with van der Waals surface area (Å²) in [6.07, 6.45) is 4.05. The van der Waals surface area contributed by atoms with Gasteiger partial charge in [0.15, 0.2) is 0 Å². The molecule has 0 unspecified atom stereocenters. The molecule has 0 N–H and O–H groups in total. The zero-order chi connectivity index (χ0) is 7.40. The highest BCUT2D eigenvalue weighted by Crippen LogP contribution is 2.23. The molecule has 0 aromatic heterocycles. The summed E-state index contributed by atoms with van der Waals surface area (Å²) in [5.74, 6) is 0. The van der Waals surface area contributed by atoms with Gasteiger partial charge in [0.1, 0.15) is 0 Å². The third-order valence-electron chi connectivity index (χ3n) is 1.86. The first-order valence-electron chi connectivity index (χ1n) is 3.77. The third kappa shape index (κ3) is 2.46. The van der Waals surface area contributed by atoms with Gasteiger partial charge in [-0.3, -0.25) is 0 Å². The predicted octanol–water partition coefficient (Wildman–Crippen LogP) is 3.14. The molecular formula is C8H12F2. The Hall–Kier alpha value is -0.400. The molecule has 1 rings (SSSR count). The van der Waals surface area contributed by atoms with Gasteiger partial charge in [-0.15, -0.1) is 0 Å². The van der Waals surface area contributed by atoms with E-state index in [0.29, 0.717) is 0 Å². The van der Waals surface area contributed by atoms with Gasteiger partial charge in [-0.2, -0.15) is 0 Å². The summed E-state index contributed by atoms with van der Waals surface area (Å²) >= 11 is 0. The van der Waals surface area contributed by atoms with Gasteiger partial charge < -0.3 is 0 Å². The fraction of sp³-hybridized carbons (Fsp3) is 0.750. The van der Waals surface area contributed by atoms with Crippen LogP contribution < -0.4 is 0 Å². The summed E-state index contributed by atoms with van der Waals surface area (Å²) in [6, 6.07) is 0. The van der Waals surface area contributed by atoms with Gasteiger partial charge >= 0.3 is 0 Å². The van der Waals surface area contributed by atoms with Crippen molar-refractivity contribution in [3.05, 3.63) is 11.6 Å². The largest absolute Gasteiger partial charge is 0.257 e. The van der Waals surface area contributed by atoms with E-state index >= 15 is 0 Å². The average molecular weight is 146 g/mol. The Balaban J connectivity index is 2.37. The van der Waals surface area contributed by atoms with Crippen molar-refractivity contribution in [1.29, 1.82) is 0 Å². The average Bonchev–Trinajstić information content (AvgIpc) is 1.88. The first kappa shape index (κ1) is 7.70. The second kappa shape index (κ2) is 3.69. The molecule has 0 amide bonds. The second-order valence-corrected chi connectivity index (χ2v) is 2.72. The molecule has 0 saturated heterocycles. The van der Waals surface area contributed by atoms with Crippen molar-refractivity contribution >= 4 is 0 Å². The highest BCUT2D eigenvalue weighted by molar-refractivity contribution is 5.05. The second-order valence-electron chi connectivity index (χ2n) is 2.72. The van der Waals surface area contributed by atoms with Crippen LogP contribution in [0.25, 0.3) is 0 Å². The van der Waals surface area contributed by atoms with Gasteiger partial charge in [0, 0.05) is 0 Å². The monoisotopic (exact) mass is 146 g/mol. The molecule has 0 nitrogen and oxygen atoms in total. The van der Waals surface area contributed by atoms with E-state index in [-0.39, 0.29) is 0 Å². The standard InChI is InChI=1S/C8H12F2/c9-8(10)6-7-4-2-1-3-5-7/h6,8H,1-5H2. The third-order valence-corrected chi connectivity index (χ3v) is 1.86.